The minimum atomic E-state index is 0.00154. The van der Waals surface area contributed by atoms with Crippen LogP contribution in [0.25, 0.3) is 0 Å². The molecule has 2 atom stereocenters. The molecule has 21 heavy (non-hydrogen) atoms. The summed E-state index contributed by atoms with van der Waals surface area (Å²) in [6.45, 7) is 6.22. The second kappa shape index (κ2) is 4.99. The summed E-state index contributed by atoms with van der Waals surface area (Å²) in [6.07, 6.45) is 1.73. The predicted molar refractivity (Wildman–Crippen MR) is 84.1 cm³/mol. The smallest absolute Gasteiger partial charge is 0.228 e. The zero-order chi connectivity index (χ0) is 15.0. The van der Waals surface area contributed by atoms with E-state index < -0.39 is 0 Å². The van der Waals surface area contributed by atoms with Gasteiger partial charge in [0.1, 0.15) is 0 Å². The van der Waals surface area contributed by atoms with Gasteiger partial charge < -0.3 is 5.32 Å². The normalized spacial score (nSPS) is 22.6. The van der Waals surface area contributed by atoms with Crippen LogP contribution in [0.2, 0.25) is 0 Å². The average molecular weight is 280 g/mol. The fraction of sp³-hybridized carbons (Fsp3) is 0.333. The molecule has 1 aliphatic rings. The van der Waals surface area contributed by atoms with Gasteiger partial charge in [0.15, 0.2) is 0 Å². The van der Waals surface area contributed by atoms with Crippen LogP contribution in [-0.4, -0.2) is 10.9 Å². The Morgan fingerprint density at radius 1 is 1.14 bits per heavy atom. The average Bonchev–Trinajstić information content (AvgIpc) is 3.05. The number of aryl methyl sites for hydroxylation is 1. The SMILES string of the molecule is Cc1ncccc1NC(=O)C1C(c2ccccc2)C1(C)C. The third-order valence-electron chi connectivity index (χ3n) is 4.53. The van der Waals surface area contributed by atoms with E-state index in [1.807, 2.05) is 37.3 Å². The molecule has 2 aromatic rings. The predicted octanol–water partition coefficient (Wildman–Crippen LogP) is 3.77. The monoisotopic (exact) mass is 280 g/mol. The third kappa shape index (κ3) is 2.44. The highest BCUT2D eigenvalue weighted by Crippen LogP contribution is 2.64. The molecule has 3 rings (SSSR count). The summed E-state index contributed by atoms with van der Waals surface area (Å²) in [5.74, 6) is 0.389. The maximum absolute atomic E-state index is 12.6. The van der Waals surface area contributed by atoms with E-state index in [1.165, 1.54) is 5.56 Å². The van der Waals surface area contributed by atoms with Crippen LogP contribution in [0.15, 0.2) is 48.7 Å². The number of amides is 1. The van der Waals surface area contributed by atoms with Crippen LogP contribution in [0.3, 0.4) is 0 Å². The Kier molecular flexibility index (Phi) is 3.28. The van der Waals surface area contributed by atoms with Crippen LogP contribution < -0.4 is 5.32 Å². The molecule has 1 aromatic heterocycles. The lowest BCUT2D eigenvalue weighted by Gasteiger charge is -2.07. The van der Waals surface area contributed by atoms with Crippen LogP contribution >= 0.6 is 0 Å². The Balaban J connectivity index is 1.79. The molecule has 1 aliphatic carbocycles. The number of nitrogens with one attached hydrogen (secondary N) is 1. The standard InChI is InChI=1S/C18H20N2O/c1-12-14(10-7-11-19-12)20-17(21)16-15(18(16,2)3)13-8-5-4-6-9-13/h4-11,15-16H,1-3H3,(H,20,21). The van der Waals surface area contributed by atoms with Gasteiger partial charge in [0.25, 0.3) is 0 Å². The van der Waals surface area contributed by atoms with E-state index in [0.29, 0.717) is 0 Å². The zero-order valence-corrected chi connectivity index (χ0v) is 12.6. The van der Waals surface area contributed by atoms with E-state index in [0.717, 1.165) is 11.4 Å². The molecule has 1 N–H and O–H groups in total. The molecule has 1 heterocycles. The first-order valence-corrected chi connectivity index (χ1v) is 7.29. The molecule has 1 saturated carbocycles. The van der Waals surface area contributed by atoms with Crippen LogP contribution in [0, 0.1) is 18.3 Å². The Morgan fingerprint density at radius 3 is 2.52 bits per heavy atom. The Labute approximate surface area is 125 Å². The molecule has 0 spiro atoms. The first-order valence-electron chi connectivity index (χ1n) is 7.29. The Morgan fingerprint density at radius 2 is 1.86 bits per heavy atom. The van der Waals surface area contributed by atoms with Gasteiger partial charge >= 0.3 is 0 Å². The number of hydrogen-bond acceptors (Lipinski definition) is 2. The highest BCUT2D eigenvalue weighted by Gasteiger charge is 2.62. The number of benzene rings is 1. The molecule has 0 bridgehead atoms. The van der Waals surface area contributed by atoms with Crippen molar-refractivity contribution in [2.24, 2.45) is 11.3 Å². The lowest BCUT2D eigenvalue weighted by molar-refractivity contribution is -0.118. The van der Waals surface area contributed by atoms with Crippen molar-refractivity contribution in [1.29, 1.82) is 0 Å². The van der Waals surface area contributed by atoms with Crippen LogP contribution in [0.5, 0.6) is 0 Å². The zero-order valence-electron chi connectivity index (χ0n) is 12.6. The number of pyridine rings is 1. The highest BCUT2D eigenvalue weighted by atomic mass is 16.2. The maximum Gasteiger partial charge on any atom is 0.228 e. The molecule has 108 valence electrons. The lowest BCUT2D eigenvalue weighted by Crippen LogP contribution is -2.17. The molecular formula is C18H20N2O. The van der Waals surface area contributed by atoms with Gasteiger partial charge in [-0.15, -0.1) is 0 Å². The number of aromatic nitrogens is 1. The molecule has 1 fully saturated rings. The van der Waals surface area contributed by atoms with E-state index in [1.54, 1.807) is 6.20 Å². The lowest BCUT2D eigenvalue weighted by atomic mass is 10.0. The summed E-state index contributed by atoms with van der Waals surface area (Å²) in [5, 5.41) is 3.03. The fourth-order valence-corrected chi connectivity index (χ4v) is 3.24. The van der Waals surface area contributed by atoms with Crippen LogP contribution in [0.4, 0.5) is 5.69 Å². The topological polar surface area (TPSA) is 42.0 Å². The van der Waals surface area contributed by atoms with Crippen molar-refractivity contribution in [1.82, 2.24) is 4.98 Å². The van der Waals surface area contributed by atoms with Gasteiger partial charge in [-0.2, -0.15) is 0 Å². The van der Waals surface area contributed by atoms with E-state index in [2.05, 4.69) is 36.3 Å². The number of rotatable bonds is 3. The van der Waals surface area contributed by atoms with Crippen molar-refractivity contribution < 1.29 is 4.79 Å². The number of carbonyl (C=O) groups excluding carboxylic acids is 1. The van der Waals surface area contributed by atoms with Gasteiger partial charge in [0, 0.05) is 12.1 Å². The van der Waals surface area contributed by atoms with Crippen molar-refractivity contribution in [3.05, 3.63) is 59.9 Å². The summed E-state index contributed by atoms with van der Waals surface area (Å²) >= 11 is 0. The van der Waals surface area contributed by atoms with Crippen molar-refractivity contribution >= 4 is 11.6 Å². The molecule has 2 unspecified atom stereocenters. The fourth-order valence-electron chi connectivity index (χ4n) is 3.24. The van der Waals surface area contributed by atoms with Gasteiger partial charge in [-0.05, 0) is 30.0 Å². The molecule has 1 aromatic carbocycles. The second-order valence-corrected chi connectivity index (χ2v) is 6.31. The molecule has 0 aliphatic heterocycles. The first kappa shape index (κ1) is 13.8. The van der Waals surface area contributed by atoms with Gasteiger partial charge in [-0.3, -0.25) is 9.78 Å². The van der Waals surface area contributed by atoms with Crippen molar-refractivity contribution in [3.63, 3.8) is 0 Å². The molecular weight excluding hydrogens is 260 g/mol. The van der Waals surface area contributed by atoms with Crippen LogP contribution in [0.1, 0.15) is 31.0 Å². The van der Waals surface area contributed by atoms with Crippen molar-refractivity contribution in [2.75, 3.05) is 5.32 Å². The summed E-state index contributed by atoms with van der Waals surface area (Å²) in [6, 6.07) is 14.0. The molecule has 0 radical (unpaired) electrons. The van der Waals surface area contributed by atoms with E-state index >= 15 is 0 Å². The molecule has 3 heteroatoms. The first-order chi connectivity index (χ1) is 10.0. The van der Waals surface area contributed by atoms with E-state index in [-0.39, 0.29) is 23.2 Å². The Hall–Kier alpha value is -2.16. The molecule has 1 amide bonds. The Bertz CT molecular complexity index is 664. The number of anilines is 1. The molecule has 0 saturated heterocycles. The summed E-state index contributed by atoms with van der Waals surface area (Å²) in [5.41, 5.74) is 2.89. The van der Waals surface area contributed by atoms with Crippen molar-refractivity contribution in [3.8, 4) is 0 Å². The van der Waals surface area contributed by atoms with E-state index in [9.17, 15) is 4.79 Å². The minimum Gasteiger partial charge on any atom is -0.324 e. The van der Waals surface area contributed by atoms with Gasteiger partial charge in [-0.25, -0.2) is 0 Å². The summed E-state index contributed by atoms with van der Waals surface area (Å²) < 4.78 is 0. The van der Waals surface area contributed by atoms with Crippen LogP contribution in [-0.2, 0) is 4.79 Å². The highest BCUT2D eigenvalue weighted by molar-refractivity contribution is 5.96. The largest absolute Gasteiger partial charge is 0.324 e. The third-order valence-corrected chi connectivity index (χ3v) is 4.53. The van der Waals surface area contributed by atoms with Crippen molar-refractivity contribution in [2.45, 2.75) is 26.7 Å². The molecule has 3 nitrogen and oxygen atoms in total. The summed E-state index contributed by atoms with van der Waals surface area (Å²) in [7, 11) is 0. The maximum atomic E-state index is 12.6. The van der Waals surface area contributed by atoms with Gasteiger partial charge in [-0.1, -0.05) is 44.2 Å². The number of nitrogens with zero attached hydrogens (tertiary/aromatic N) is 1. The van der Waals surface area contributed by atoms with Gasteiger partial charge in [0.2, 0.25) is 5.91 Å². The number of carbonyl (C=O) groups is 1. The van der Waals surface area contributed by atoms with E-state index in [4.69, 9.17) is 0 Å². The minimum absolute atomic E-state index is 0.00154. The second-order valence-electron chi connectivity index (χ2n) is 6.31. The summed E-state index contributed by atoms with van der Waals surface area (Å²) in [4.78, 5) is 16.8. The van der Waals surface area contributed by atoms with Gasteiger partial charge in [0.05, 0.1) is 17.3 Å². The number of hydrogen-bond donors (Lipinski definition) is 1. The quantitative estimate of drug-likeness (QED) is 0.930.